The second kappa shape index (κ2) is 8.97. The number of amides is 3. The highest BCUT2D eigenvalue weighted by Gasteiger charge is 2.43. The number of benzene rings is 2. The van der Waals surface area contributed by atoms with Crippen LogP contribution in [0.1, 0.15) is 35.2 Å². The van der Waals surface area contributed by atoms with Gasteiger partial charge in [-0.15, -0.1) is 0 Å². The number of urea groups is 1. The summed E-state index contributed by atoms with van der Waals surface area (Å²) in [5.41, 5.74) is 5.08. The summed E-state index contributed by atoms with van der Waals surface area (Å²) in [6, 6.07) is 10.0. The van der Waals surface area contributed by atoms with Crippen LogP contribution in [-0.2, 0) is 14.3 Å². The molecule has 0 aromatic heterocycles. The van der Waals surface area contributed by atoms with E-state index in [1.165, 1.54) is 4.90 Å². The van der Waals surface area contributed by atoms with Crippen LogP contribution in [-0.4, -0.2) is 42.6 Å². The van der Waals surface area contributed by atoms with Crippen molar-refractivity contribution in [2.45, 2.75) is 33.7 Å². The Kier molecular flexibility index (Phi) is 6.09. The molecule has 0 fully saturated rings. The Bertz CT molecular complexity index is 1150. The van der Waals surface area contributed by atoms with Crippen molar-refractivity contribution in [2.24, 2.45) is 0 Å². The van der Waals surface area contributed by atoms with Crippen molar-refractivity contribution < 1.29 is 23.9 Å². The predicted molar refractivity (Wildman–Crippen MR) is 123 cm³/mol. The molecular weight excluding hydrogens is 422 g/mol. The number of carbonyl (C=O) groups is 3. The summed E-state index contributed by atoms with van der Waals surface area (Å²) in [5, 5.41) is 5.76. The summed E-state index contributed by atoms with van der Waals surface area (Å²) in [7, 11) is 0. The number of esters is 1. The van der Waals surface area contributed by atoms with E-state index in [2.05, 4.69) is 10.6 Å². The monoisotopic (exact) mass is 449 g/mol. The third-order valence-corrected chi connectivity index (χ3v) is 5.77. The van der Waals surface area contributed by atoms with E-state index in [0.717, 1.165) is 22.4 Å². The van der Waals surface area contributed by atoms with Crippen LogP contribution >= 0.6 is 0 Å². The van der Waals surface area contributed by atoms with Crippen molar-refractivity contribution in [2.75, 3.05) is 25.1 Å². The lowest BCUT2D eigenvalue weighted by molar-refractivity contribution is -0.136. The van der Waals surface area contributed by atoms with Gasteiger partial charge in [-0.3, -0.25) is 9.69 Å². The number of para-hydroxylation sites is 1. The lowest BCUT2D eigenvalue weighted by Crippen LogP contribution is -2.49. The Balaban J connectivity index is 1.63. The number of anilines is 1. The SMILES string of the molecule is CCOc1ccccc1[C@H]1NC(=O)N(CC(=O)Nc2c(C)cc(C)cc2C)C2=C1C(=O)OC2. The van der Waals surface area contributed by atoms with E-state index in [0.29, 0.717) is 29.2 Å². The maximum atomic E-state index is 13.1. The van der Waals surface area contributed by atoms with Crippen LogP contribution < -0.4 is 15.4 Å². The molecule has 2 aliphatic rings. The average molecular weight is 450 g/mol. The van der Waals surface area contributed by atoms with Crippen molar-refractivity contribution in [1.29, 1.82) is 0 Å². The van der Waals surface area contributed by atoms with E-state index < -0.39 is 18.0 Å². The number of aryl methyl sites for hydroxylation is 3. The second-order valence-corrected chi connectivity index (χ2v) is 8.20. The number of hydrogen-bond acceptors (Lipinski definition) is 5. The number of nitrogens with one attached hydrogen (secondary N) is 2. The van der Waals surface area contributed by atoms with Crippen molar-refractivity contribution in [3.63, 3.8) is 0 Å². The molecule has 2 N–H and O–H groups in total. The smallest absolute Gasteiger partial charge is 0.338 e. The van der Waals surface area contributed by atoms with Crippen molar-refractivity contribution >= 4 is 23.6 Å². The van der Waals surface area contributed by atoms with Gasteiger partial charge in [-0.05, 0) is 44.9 Å². The van der Waals surface area contributed by atoms with Crippen molar-refractivity contribution in [1.82, 2.24) is 10.2 Å². The van der Waals surface area contributed by atoms with Gasteiger partial charge >= 0.3 is 12.0 Å². The Morgan fingerprint density at radius 3 is 2.58 bits per heavy atom. The molecule has 172 valence electrons. The lowest BCUT2D eigenvalue weighted by Gasteiger charge is -2.33. The number of ether oxygens (including phenoxy) is 2. The summed E-state index contributed by atoms with van der Waals surface area (Å²) in [6.07, 6.45) is 0. The predicted octanol–water partition coefficient (Wildman–Crippen LogP) is 3.53. The Labute approximate surface area is 192 Å². The summed E-state index contributed by atoms with van der Waals surface area (Å²) in [4.78, 5) is 39.8. The second-order valence-electron chi connectivity index (χ2n) is 8.20. The topological polar surface area (TPSA) is 97.0 Å². The first-order valence-corrected chi connectivity index (χ1v) is 10.9. The summed E-state index contributed by atoms with van der Waals surface area (Å²) >= 11 is 0. The minimum atomic E-state index is -0.717. The van der Waals surface area contributed by atoms with Gasteiger partial charge in [0, 0.05) is 11.3 Å². The molecule has 2 heterocycles. The quantitative estimate of drug-likeness (QED) is 0.658. The molecule has 0 unspecified atom stereocenters. The third-order valence-electron chi connectivity index (χ3n) is 5.77. The van der Waals surface area contributed by atoms with Crippen LogP contribution in [0.2, 0.25) is 0 Å². The zero-order valence-electron chi connectivity index (χ0n) is 19.2. The van der Waals surface area contributed by atoms with E-state index in [1.807, 2.05) is 52.0 Å². The van der Waals surface area contributed by atoms with E-state index in [-0.39, 0.29) is 19.1 Å². The number of rotatable bonds is 6. The van der Waals surface area contributed by atoms with E-state index in [1.54, 1.807) is 12.1 Å². The first-order chi connectivity index (χ1) is 15.8. The van der Waals surface area contributed by atoms with Crippen LogP contribution in [0.3, 0.4) is 0 Å². The molecule has 0 saturated heterocycles. The molecule has 8 nitrogen and oxygen atoms in total. The van der Waals surface area contributed by atoms with E-state index >= 15 is 0 Å². The van der Waals surface area contributed by atoms with Gasteiger partial charge in [0.15, 0.2) is 0 Å². The van der Waals surface area contributed by atoms with Gasteiger partial charge < -0.3 is 20.1 Å². The van der Waals surface area contributed by atoms with Crippen molar-refractivity contribution in [3.05, 3.63) is 69.9 Å². The Morgan fingerprint density at radius 1 is 1.18 bits per heavy atom. The Hall–Kier alpha value is -3.81. The number of carbonyl (C=O) groups excluding carboxylic acids is 3. The molecule has 0 bridgehead atoms. The maximum Gasteiger partial charge on any atom is 0.338 e. The maximum absolute atomic E-state index is 13.1. The molecule has 3 amide bonds. The molecule has 2 aromatic carbocycles. The van der Waals surface area contributed by atoms with Gasteiger partial charge in [-0.25, -0.2) is 9.59 Å². The largest absolute Gasteiger partial charge is 0.494 e. The number of cyclic esters (lactones) is 1. The fourth-order valence-corrected chi connectivity index (χ4v) is 4.42. The molecule has 0 aliphatic carbocycles. The van der Waals surface area contributed by atoms with Gasteiger partial charge in [-0.1, -0.05) is 35.9 Å². The van der Waals surface area contributed by atoms with Crippen LogP contribution in [0.4, 0.5) is 10.5 Å². The molecule has 2 aliphatic heterocycles. The molecule has 0 spiro atoms. The van der Waals surface area contributed by atoms with Gasteiger partial charge in [0.2, 0.25) is 5.91 Å². The highest BCUT2D eigenvalue weighted by atomic mass is 16.5. The standard InChI is InChI=1S/C25H27N3O5/c1-5-32-19-9-7-6-8-17(19)23-21-18(13-33-24(21)30)28(25(31)27-23)12-20(29)26-22-15(3)10-14(2)11-16(22)4/h6-11,23H,5,12-13H2,1-4H3,(H,26,29)(H,27,31)/t23-/m1/s1. The molecule has 0 radical (unpaired) electrons. The van der Waals surface area contributed by atoms with E-state index in [4.69, 9.17) is 9.47 Å². The van der Waals surface area contributed by atoms with Gasteiger partial charge in [-0.2, -0.15) is 0 Å². The number of hydrogen-bond donors (Lipinski definition) is 2. The molecule has 33 heavy (non-hydrogen) atoms. The summed E-state index contributed by atoms with van der Waals surface area (Å²) < 4.78 is 11.0. The highest BCUT2D eigenvalue weighted by Crippen LogP contribution is 2.38. The highest BCUT2D eigenvalue weighted by molar-refractivity contribution is 6.00. The summed E-state index contributed by atoms with van der Waals surface area (Å²) in [5.74, 6) is -0.301. The van der Waals surface area contributed by atoms with Gasteiger partial charge in [0.05, 0.1) is 23.9 Å². The molecular formula is C25H27N3O5. The molecule has 8 heteroatoms. The van der Waals surface area contributed by atoms with E-state index in [9.17, 15) is 14.4 Å². The van der Waals surface area contributed by atoms with Gasteiger partial charge in [0.1, 0.15) is 18.9 Å². The van der Waals surface area contributed by atoms with Gasteiger partial charge in [0.25, 0.3) is 0 Å². The fraction of sp³-hybridized carbons (Fsp3) is 0.320. The molecule has 1 atom stereocenters. The Morgan fingerprint density at radius 2 is 1.88 bits per heavy atom. The summed E-state index contributed by atoms with van der Waals surface area (Å²) in [6.45, 7) is 7.84. The zero-order chi connectivity index (χ0) is 23.7. The average Bonchev–Trinajstić information content (AvgIpc) is 3.15. The molecule has 0 saturated carbocycles. The zero-order valence-corrected chi connectivity index (χ0v) is 19.2. The molecule has 2 aromatic rings. The molecule has 4 rings (SSSR count). The van der Waals surface area contributed by atoms with Crippen LogP contribution in [0.5, 0.6) is 5.75 Å². The van der Waals surface area contributed by atoms with Crippen LogP contribution in [0, 0.1) is 20.8 Å². The van der Waals surface area contributed by atoms with Crippen LogP contribution in [0.25, 0.3) is 0 Å². The van der Waals surface area contributed by atoms with Crippen LogP contribution in [0.15, 0.2) is 47.7 Å². The first kappa shape index (κ1) is 22.4. The normalized spacial score (nSPS) is 17.5. The minimum Gasteiger partial charge on any atom is -0.494 e. The fourth-order valence-electron chi connectivity index (χ4n) is 4.42. The third kappa shape index (κ3) is 4.28. The van der Waals surface area contributed by atoms with Crippen molar-refractivity contribution in [3.8, 4) is 5.75 Å². The minimum absolute atomic E-state index is 0.0647. The lowest BCUT2D eigenvalue weighted by atomic mass is 9.95. The number of nitrogens with zero attached hydrogens (tertiary/aromatic N) is 1. The first-order valence-electron chi connectivity index (χ1n) is 10.9.